The third kappa shape index (κ3) is 2.67. The molecule has 0 spiro atoms. The van der Waals surface area contributed by atoms with Gasteiger partial charge in [0.2, 0.25) is 0 Å². The molecule has 0 aliphatic carbocycles. The summed E-state index contributed by atoms with van der Waals surface area (Å²) in [4.78, 5) is 10.9. The van der Waals surface area contributed by atoms with Crippen LogP contribution in [0.4, 0.5) is 0 Å². The topological polar surface area (TPSA) is 46.5 Å². The Morgan fingerprint density at radius 2 is 2.38 bits per heavy atom. The second-order valence-corrected chi connectivity index (χ2v) is 3.97. The van der Waals surface area contributed by atoms with Crippen LogP contribution in [0.3, 0.4) is 0 Å². The molecule has 0 aromatic heterocycles. The summed E-state index contributed by atoms with van der Waals surface area (Å²) in [6, 6.07) is 0. The molecule has 1 aliphatic rings. The van der Waals surface area contributed by atoms with Crippen molar-refractivity contribution in [3.05, 3.63) is 22.2 Å². The number of ether oxygens (including phenoxy) is 1. The standard InChI is InChI=1S/C9H11BrO3/c1-5(2)3-7(11)8-4-6(10)9(12)13-8/h3-4,7-8,11H,1-2H3/t7-,8+/m1/s1. The van der Waals surface area contributed by atoms with Crippen molar-refractivity contribution in [3.8, 4) is 0 Å². The highest BCUT2D eigenvalue weighted by molar-refractivity contribution is 9.12. The Bertz CT molecular complexity index is 277. The molecular weight excluding hydrogens is 236 g/mol. The van der Waals surface area contributed by atoms with Gasteiger partial charge in [-0.05, 0) is 35.9 Å². The molecule has 0 radical (unpaired) electrons. The molecule has 1 heterocycles. The SMILES string of the molecule is CC(C)=C[C@@H](O)[C@@H]1C=C(Br)C(=O)O1. The zero-order valence-electron chi connectivity index (χ0n) is 7.45. The number of halogens is 1. The fourth-order valence-corrected chi connectivity index (χ4v) is 1.38. The van der Waals surface area contributed by atoms with E-state index in [4.69, 9.17) is 4.74 Å². The summed E-state index contributed by atoms with van der Waals surface area (Å²) in [5, 5.41) is 9.54. The average molecular weight is 247 g/mol. The normalized spacial score (nSPS) is 23.5. The van der Waals surface area contributed by atoms with Gasteiger partial charge < -0.3 is 9.84 Å². The molecule has 13 heavy (non-hydrogen) atoms. The lowest BCUT2D eigenvalue weighted by Gasteiger charge is -2.12. The van der Waals surface area contributed by atoms with Gasteiger partial charge in [0, 0.05) is 0 Å². The Morgan fingerprint density at radius 3 is 2.77 bits per heavy atom. The molecule has 1 aliphatic heterocycles. The molecule has 1 rings (SSSR count). The van der Waals surface area contributed by atoms with Gasteiger partial charge in [0.05, 0.1) is 0 Å². The predicted molar refractivity (Wildman–Crippen MR) is 52.3 cm³/mol. The number of carbonyl (C=O) groups is 1. The summed E-state index contributed by atoms with van der Waals surface area (Å²) in [5.74, 6) is -0.425. The van der Waals surface area contributed by atoms with Gasteiger partial charge in [0.25, 0.3) is 0 Å². The molecule has 1 N–H and O–H groups in total. The van der Waals surface area contributed by atoms with E-state index < -0.39 is 18.2 Å². The van der Waals surface area contributed by atoms with E-state index in [9.17, 15) is 9.90 Å². The minimum atomic E-state index is -0.760. The molecule has 0 saturated carbocycles. The molecule has 0 unspecified atom stereocenters. The summed E-state index contributed by atoms with van der Waals surface area (Å²) in [6.07, 6.45) is 1.90. The molecule has 72 valence electrons. The van der Waals surface area contributed by atoms with E-state index >= 15 is 0 Å². The second kappa shape index (κ2) is 4.07. The lowest BCUT2D eigenvalue weighted by Crippen LogP contribution is -2.23. The van der Waals surface area contributed by atoms with Crippen molar-refractivity contribution in [1.82, 2.24) is 0 Å². The number of aliphatic hydroxyl groups is 1. The Balaban J connectivity index is 2.66. The molecule has 4 heteroatoms. The highest BCUT2D eigenvalue weighted by Crippen LogP contribution is 2.21. The zero-order chi connectivity index (χ0) is 10.0. The van der Waals surface area contributed by atoms with Crippen LogP contribution in [-0.2, 0) is 9.53 Å². The largest absolute Gasteiger partial charge is 0.451 e. The van der Waals surface area contributed by atoms with Crippen LogP contribution in [0, 0.1) is 0 Å². The first-order valence-electron chi connectivity index (χ1n) is 3.92. The molecule has 0 fully saturated rings. The van der Waals surface area contributed by atoms with Gasteiger partial charge in [-0.15, -0.1) is 0 Å². The summed E-state index contributed by atoms with van der Waals surface area (Å²) in [5.41, 5.74) is 0.986. The highest BCUT2D eigenvalue weighted by atomic mass is 79.9. The van der Waals surface area contributed by atoms with Gasteiger partial charge in [0.15, 0.2) is 6.10 Å². The maximum atomic E-state index is 10.9. The van der Waals surface area contributed by atoms with Crippen molar-refractivity contribution >= 4 is 21.9 Å². The van der Waals surface area contributed by atoms with E-state index in [1.54, 1.807) is 12.2 Å². The zero-order valence-corrected chi connectivity index (χ0v) is 9.04. The van der Waals surface area contributed by atoms with E-state index in [1.165, 1.54) is 0 Å². The molecule has 0 aromatic rings. The van der Waals surface area contributed by atoms with Crippen LogP contribution in [-0.4, -0.2) is 23.3 Å². The summed E-state index contributed by atoms with van der Waals surface area (Å²) in [7, 11) is 0. The van der Waals surface area contributed by atoms with Crippen LogP contribution in [0.1, 0.15) is 13.8 Å². The lowest BCUT2D eigenvalue weighted by molar-refractivity contribution is -0.141. The van der Waals surface area contributed by atoms with Crippen molar-refractivity contribution in [2.45, 2.75) is 26.1 Å². The fourth-order valence-electron chi connectivity index (χ4n) is 1.03. The molecule has 2 atom stereocenters. The number of allylic oxidation sites excluding steroid dienone is 1. The van der Waals surface area contributed by atoms with E-state index in [-0.39, 0.29) is 0 Å². The number of aliphatic hydroxyl groups excluding tert-OH is 1. The van der Waals surface area contributed by atoms with Crippen LogP contribution in [0.15, 0.2) is 22.2 Å². The second-order valence-electron chi connectivity index (χ2n) is 3.12. The first-order valence-corrected chi connectivity index (χ1v) is 4.71. The van der Waals surface area contributed by atoms with Gasteiger partial charge in [-0.1, -0.05) is 11.6 Å². The first-order chi connectivity index (χ1) is 6.00. The Kier molecular flexibility index (Phi) is 3.27. The van der Waals surface area contributed by atoms with E-state index in [2.05, 4.69) is 15.9 Å². The van der Waals surface area contributed by atoms with Crippen LogP contribution >= 0.6 is 15.9 Å². The van der Waals surface area contributed by atoms with Crippen molar-refractivity contribution in [3.63, 3.8) is 0 Å². The quantitative estimate of drug-likeness (QED) is 0.594. The Hall–Kier alpha value is -0.610. The Morgan fingerprint density at radius 1 is 1.77 bits per heavy atom. The van der Waals surface area contributed by atoms with Crippen molar-refractivity contribution in [2.24, 2.45) is 0 Å². The monoisotopic (exact) mass is 246 g/mol. The molecule has 3 nitrogen and oxygen atoms in total. The number of carbonyl (C=O) groups excluding carboxylic acids is 1. The third-order valence-corrected chi connectivity index (χ3v) is 2.18. The van der Waals surface area contributed by atoms with Crippen LogP contribution in [0.2, 0.25) is 0 Å². The maximum absolute atomic E-state index is 10.9. The number of hydrogen-bond acceptors (Lipinski definition) is 3. The van der Waals surface area contributed by atoms with Crippen LogP contribution in [0.5, 0.6) is 0 Å². The summed E-state index contributed by atoms with van der Waals surface area (Å²) < 4.78 is 5.24. The Labute approximate surface area is 85.2 Å². The van der Waals surface area contributed by atoms with Crippen LogP contribution in [0.25, 0.3) is 0 Å². The van der Waals surface area contributed by atoms with E-state index in [0.29, 0.717) is 4.48 Å². The van der Waals surface area contributed by atoms with E-state index in [0.717, 1.165) is 5.57 Å². The van der Waals surface area contributed by atoms with Gasteiger partial charge in [-0.3, -0.25) is 0 Å². The first kappa shape index (κ1) is 10.5. The van der Waals surface area contributed by atoms with Crippen molar-refractivity contribution < 1.29 is 14.6 Å². The predicted octanol–water partition coefficient (Wildman–Crippen LogP) is 1.52. The van der Waals surface area contributed by atoms with Gasteiger partial charge in [-0.2, -0.15) is 0 Å². The smallest absolute Gasteiger partial charge is 0.345 e. The number of esters is 1. The van der Waals surface area contributed by atoms with Crippen molar-refractivity contribution in [2.75, 3.05) is 0 Å². The fraction of sp³-hybridized carbons (Fsp3) is 0.444. The summed E-state index contributed by atoms with van der Waals surface area (Å²) >= 11 is 3.03. The van der Waals surface area contributed by atoms with Gasteiger partial charge >= 0.3 is 5.97 Å². The number of cyclic esters (lactones) is 1. The lowest BCUT2D eigenvalue weighted by atomic mass is 10.1. The number of hydrogen-bond donors (Lipinski definition) is 1. The van der Waals surface area contributed by atoms with Crippen LogP contribution < -0.4 is 0 Å². The third-order valence-electron chi connectivity index (χ3n) is 1.59. The molecule has 0 bridgehead atoms. The minimum Gasteiger partial charge on any atom is -0.451 e. The van der Waals surface area contributed by atoms with Crippen molar-refractivity contribution in [1.29, 1.82) is 0 Å². The molecule has 0 saturated heterocycles. The molecule has 0 amide bonds. The minimum absolute atomic E-state index is 0.374. The van der Waals surface area contributed by atoms with Gasteiger partial charge in [0.1, 0.15) is 10.6 Å². The summed E-state index contributed by atoms with van der Waals surface area (Å²) in [6.45, 7) is 3.75. The number of rotatable bonds is 2. The molecular formula is C9H11BrO3. The average Bonchev–Trinajstić information content (AvgIpc) is 2.31. The van der Waals surface area contributed by atoms with E-state index in [1.807, 2.05) is 13.8 Å². The maximum Gasteiger partial charge on any atom is 0.345 e. The highest BCUT2D eigenvalue weighted by Gasteiger charge is 2.28. The molecule has 0 aromatic carbocycles. The van der Waals surface area contributed by atoms with Gasteiger partial charge in [-0.25, -0.2) is 4.79 Å².